The van der Waals surface area contributed by atoms with Gasteiger partial charge in [-0.3, -0.25) is 4.98 Å². The normalized spacial score (nSPS) is 14.2. The molecule has 0 unspecified atom stereocenters. The number of anilines is 3. The van der Waals surface area contributed by atoms with E-state index in [1.54, 1.807) is 12.4 Å². The highest BCUT2D eigenvalue weighted by atomic mass is 16.5. The smallest absolute Gasteiger partial charge is 0.227 e. The Hall–Kier alpha value is -2.99. The molecule has 3 aromatic rings. The van der Waals surface area contributed by atoms with Crippen LogP contribution in [0.25, 0.3) is 0 Å². The van der Waals surface area contributed by atoms with Gasteiger partial charge in [0, 0.05) is 31.8 Å². The number of morpholine rings is 1. The fourth-order valence-electron chi connectivity index (χ4n) is 2.93. The molecule has 6 heteroatoms. The Labute approximate surface area is 152 Å². The van der Waals surface area contributed by atoms with Crippen molar-refractivity contribution in [2.24, 2.45) is 0 Å². The molecule has 0 spiro atoms. The molecule has 132 valence electrons. The van der Waals surface area contributed by atoms with E-state index in [2.05, 4.69) is 27.3 Å². The van der Waals surface area contributed by atoms with Gasteiger partial charge in [0.2, 0.25) is 5.95 Å². The average molecular weight is 347 g/mol. The van der Waals surface area contributed by atoms with Crippen molar-refractivity contribution in [2.75, 3.05) is 36.5 Å². The monoisotopic (exact) mass is 347 g/mol. The zero-order chi connectivity index (χ0) is 17.6. The van der Waals surface area contributed by atoms with Gasteiger partial charge in [0.1, 0.15) is 5.82 Å². The first-order valence-corrected chi connectivity index (χ1v) is 8.78. The summed E-state index contributed by atoms with van der Waals surface area (Å²) in [5.74, 6) is 1.52. The Bertz CT molecular complexity index is 776. The van der Waals surface area contributed by atoms with Crippen molar-refractivity contribution in [3.8, 4) is 0 Å². The summed E-state index contributed by atoms with van der Waals surface area (Å²) in [5.41, 5.74) is 3.12. The van der Waals surface area contributed by atoms with Crippen LogP contribution in [0.2, 0.25) is 0 Å². The molecule has 6 nitrogen and oxygen atoms in total. The molecule has 0 amide bonds. The molecule has 0 aliphatic carbocycles. The molecule has 1 aromatic carbocycles. The SMILES string of the molecule is c1ccc(Cc2cc(Nc3cccnc3)nc(N3CCOCC3)n2)cc1. The molecule has 0 saturated carbocycles. The molecule has 4 rings (SSSR count). The molecule has 1 aliphatic heterocycles. The van der Waals surface area contributed by atoms with Gasteiger partial charge < -0.3 is 15.0 Å². The number of pyridine rings is 1. The Morgan fingerprint density at radius 2 is 1.85 bits per heavy atom. The van der Waals surface area contributed by atoms with Gasteiger partial charge in [-0.25, -0.2) is 4.98 Å². The summed E-state index contributed by atoms with van der Waals surface area (Å²) in [6.45, 7) is 3.03. The van der Waals surface area contributed by atoms with Crippen LogP contribution in [-0.4, -0.2) is 41.3 Å². The second-order valence-electron chi connectivity index (χ2n) is 6.17. The van der Waals surface area contributed by atoms with E-state index in [4.69, 9.17) is 14.7 Å². The van der Waals surface area contributed by atoms with E-state index < -0.39 is 0 Å². The zero-order valence-corrected chi connectivity index (χ0v) is 14.5. The van der Waals surface area contributed by atoms with Crippen molar-refractivity contribution >= 4 is 17.5 Å². The van der Waals surface area contributed by atoms with E-state index >= 15 is 0 Å². The topological polar surface area (TPSA) is 63.2 Å². The predicted molar refractivity (Wildman–Crippen MR) is 102 cm³/mol. The maximum Gasteiger partial charge on any atom is 0.227 e. The molecule has 2 aromatic heterocycles. The molecule has 1 fully saturated rings. The van der Waals surface area contributed by atoms with Crippen LogP contribution in [0.5, 0.6) is 0 Å². The molecule has 1 aliphatic rings. The van der Waals surface area contributed by atoms with Crippen LogP contribution in [0.15, 0.2) is 60.9 Å². The van der Waals surface area contributed by atoms with Crippen molar-refractivity contribution < 1.29 is 4.74 Å². The summed E-state index contributed by atoms with van der Waals surface area (Å²) in [6, 6.07) is 16.2. The van der Waals surface area contributed by atoms with E-state index in [-0.39, 0.29) is 0 Å². The standard InChI is InChI=1S/C20H21N5O/c1-2-5-16(6-3-1)13-18-14-19(22-17-7-4-8-21-15-17)24-20(23-18)25-9-11-26-12-10-25/h1-8,14-15H,9-13H2,(H,22,23,24). The van der Waals surface area contributed by atoms with Gasteiger partial charge in [-0.2, -0.15) is 4.98 Å². The minimum atomic E-state index is 0.706. The van der Waals surface area contributed by atoms with Crippen molar-refractivity contribution in [3.63, 3.8) is 0 Å². The highest BCUT2D eigenvalue weighted by Gasteiger charge is 2.16. The van der Waals surface area contributed by atoms with E-state index in [0.29, 0.717) is 13.2 Å². The summed E-state index contributed by atoms with van der Waals surface area (Å²) in [7, 11) is 0. The first-order valence-electron chi connectivity index (χ1n) is 8.78. The molecule has 1 N–H and O–H groups in total. The largest absolute Gasteiger partial charge is 0.378 e. The number of benzene rings is 1. The highest BCUT2D eigenvalue weighted by molar-refractivity contribution is 5.57. The minimum absolute atomic E-state index is 0.706. The molecular formula is C20H21N5O. The fraction of sp³-hybridized carbons (Fsp3) is 0.250. The Balaban J connectivity index is 1.64. The number of nitrogens with one attached hydrogen (secondary N) is 1. The minimum Gasteiger partial charge on any atom is -0.378 e. The van der Waals surface area contributed by atoms with Crippen LogP contribution >= 0.6 is 0 Å². The lowest BCUT2D eigenvalue weighted by molar-refractivity contribution is 0.122. The first kappa shape index (κ1) is 16.5. The number of ether oxygens (including phenoxy) is 1. The lowest BCUT2D eigenvalue weighted by atomic mass is 10.1. The Kier molecular flexibility index (Phi) is 5.02. The van der Waals surface area contributed by atoms with Crippen LogP contribution in [0, 0.1) is 0 Å². The second kappa shape index (κ2) is 7.93. The number of rotatable bonds is 5. The highest BCUT2D eigenvalue weighted by Crippen LogP contribution is 2.20. The van der Waals surface area contributed by atoms with Gasteiger partial charge in [0.25, 0.3) is 0 Å². The fourth-order valence-corrected chi connectivity index (χ4v) is 2.93. The van der Waals surface area contributed by atoms with Crippen molar-refractivity contribution in [1.82, 2.24) is 15.0 Å². The van der Waals surface area contributed by atoms with Gasteiger partial charge in [0.05, 0.1) is 30.8 Å². The summed E-state index contributed by atoms with van der Waals surface area (Å²) in [6.07, 6.45) is 4.31. The van der Waals surface area contributed by atoms with Crippen LogP contribution in [0.3, 0.4) is 0 Å². The quantitative estimate of drug-likeness (QED) is 0.765. The van der Waals surface area contributed by atoms with Gasteiger partial charge in [-0.15, -0.1) is 0 Å². The number of hydrogen-bond acceptors (Lipinski definition) is 6. The van der Waals surface area contributed by atoms with E-state index in [1.807, 2.05) is 36.4 Å². The molecule has 0 atom stereocenters. The molecule has 26 heavy (non-hydrogen) atoms. The van der Waals surface area contributed by atoms with E-state index in [9.17, 15) is 0 Å². The van der Waals surface area contributed by atoms with Crippen LogP contribution in [0.4, 0.5) is 17.5 Å². The maximum absolute atomic E-state index is 5.45. The van der Waals surface area contributed by atoms with E-state index in [0.717, 1.165) is 42.7 Å². The average Bonchev–Trinajstić information content (AvgIpc) is 2.70. The number of hydrogen-bond donors (Lipinski definition) is 1. The van der Waals surface area contributed by atoms with Crippen LogP contribution < -0.4 is 10.2 Å². The maximum atomic E-state index is 5.45. The third-order valence-corrected chi connectivity index (χ3v) is 4.22. The van der Waals surface area contributed by atoms with Crippen LogP contribution in [0.1, 0.15) is 11.3 Å². The lowest BCUT2D eigenvalue weighted by Gasteiger charge is -2.27. The summed E-state index contributed by atoms with van der Waals surface area (Å²) >= 11 is 0. The predicted octanol–water partition coefficient (Wildman–Crippen LogP) is 3.04. The third-order valence-electron chi connectivity index (χ3n) is 4.22. The molecule has 0 bridgehead atoms. The number of nitrogens with zero attached hydrogens (tertiary/aromatic N) is 4. The van der Waals surface area contributed by atoms with Crippen molar-refractivity contribution in [3.05, 3.63) is 72.2 Å². The summed E-state index contributed by atoms with van der Waals surface area (Å²) in [5, 5.41) is 3.34. The van der Waals surface area contributed by atoms with Crippen molar-refractivity contribution in [1.29, 1.82) is 0 Å². The third kappa shape index (κ3) is 4.15. The molecular weight excluding hydrogens is 326 g/mol. The van der Waals surface area contributed by atoms with E-state index in [1.165, 1.54) is 5.56 Å². The number of aromatic nitrogens is 3. The van der Waals surface area contributed by atoms with Gasteiger partial charge in [-0.05, 0) is 17.7 Å². The Morgan fingerprint density at radius 3 is 2.62 bits per heavy atom. The summed E-state index contributed by atoms with van der Waals surface area (Å²) in [4.78, 5) is 15.8. The molecule has 1 saturated heterocycles. The molecule has 0 radical (unpaired) electrons. The zero-order valence-electron chi connectivity index (χ0n) is 14.5. The van der Waals surface area contributed by atoms with Gasteiger partial charge in [0.15, 0.2) is 0 Å². The van der Waals surface area contributed by atoms with Gasteiger partial charge >= 0.3 is 0 Å². The summed E-state index contributed by atoms with van der Waals surface area (Å²) < 4.78 is 5.45. The lowest BCUT2D eigenvalue weighted by Crippen LogP contribution is -2.37. The first-order chi connectivity index (χ1) is 12.9. The Morgan fingerprint density at radius 1 is 1.00 bits per heavy atom. The van der Waals surface area contributed by atoms with Crippen molar-refractivity contribution in [2.45, 2.75) is 6.42 Å². The second-order valence-corrected chi connectivity index (χ2v) is 6.17. The van der Waals surface area contributed by atoms with Gasteiger partial charge in [-0.1, -0.05) is 30.3 Å². The van der Waals surface area contributed by atoms with Crippen LogP contribution in [-0.2, 0) is 11.2 Å². The molecule has 3 heterocycles.